The summed E-state index contributed by atoms with van der Waals surface area (Å²) in [5, 5.41) is 3.21. The molecule has 1 heterocycles. The number of nitrogens with zero attached hydrogens (tertiary/aromatic N) is 1. The molecule has 1 saturated heterocycles. The van der Waals surface area contributed by atoms with Crippen molar-refractivity contribution < 1.29 is 9.59 Å². The van der Waals surface area contributed by atoms with Crippen LogP contribution in [0.25, 0.3) is 0 Å². The summed E-state index contributed by atoms with van der Waals surface area (Å²) in [7, 11) is 0. The Kier molecular flexibility index (Phi) is 5.37. The van der Waals surface area contributed by atoms with E-state index in [-0.39, 0.29) is 23.3 Å². The Balaban J connectivity index is 1.71. The van der Waals surface area contributed by atoms with Crippen LogP contribution in [0.5, 0.6) is 0 Å². The van der Waals surface area contributed by atoms with Gasteiger partial charge in [0.25, 0.3) is 0 Å². The van der Waals surface area contributed by atoms with Crippen LogP contribution in [0.3, 0.4) is 0 Å². The van der Waals surface area contributed by atoms with Gasteiger partial charge in [-0.1, -0.05) is 45.0 Å². The quantitative estimate of drug-likeness (QED) is 0.873. The molecule has 3 rings (SSSR count). The summed E-state index contributed by atoms with van der Waals surface area (Å²) in [6.07, 6.45) is 4.65. The van der Waals surface area contributed by atoms with Crippen LogP contribution in [0.2, 0.25) is 0 Å². The molecule has 1 fully saturated rings. The molecule has 1 aliphatic carbocycles. The van der Waals surface area contributed by atoms with E-state index in [9.17, 15) is 9.59 Å². The fraction of sp³-hybridized carbons (Fsp3) is 0.619. The smallest absolute Gasteiger partial charge is 0.243 e. The molecule has 0 spiro atoms. The molecule has 3 N–H and O–H groups in total. The summed E-state index contributed by atoms with van der Waals surface area (Å²) in [5.41, 5.74) is 8.38. The lowest BCUT2D eigenvalue weighted by Gasteiger charge is -2.34. The van der Waals surface area contributed by atoms with E-state index in [0.29, 0.717) is 13.0 Å². The Bertz CT molecular complexity index is 680. The van der Waals surface area contributed by atoms with Gasteiger partial charge in [-0.25, -0.2) is 0 Å². The van der Waals surface area contributed by atoms with Gasteiger partial charge in [-0.2, -0.15) is 0 Å². The molecule has 2 amide bonds. The van der Waals surface area contributed by atoms with Crippen molar-refractivity contribution in [1.29, 1.82) is 0 Å². The van der Waals surface area contributed by atoms with E-state index in [2.05, 4.69) is 17.4 Å². The summed E-state index contributed by atoms with van der Waals surface area (Å²) in [6, 6.07) is 7.37. The maximum Gasteiger partial charge on any atom is 0.243 e. The third-order valence-corrected chi connectivity index (χ3v) is 5.72. The number of amides is 2. The number of nitrogens with two attached hydrogens (primary N) is 1. The zero-order valence-corrected chi connectivity index (χ0v) is 16.1. The van der Waals surface area contributed by atoms with Crippen molar-refractivity contribution in [3.8, 4) is 0 Å². The minimum atomic E-state index is -0.591. The van der Waals surface area contributed by atoms with Gasteiger partial charge in [0.05, 0.1) is 12.1 Å². The summed E-state index contributed by atoms with van der Waals surface area (Å²) in [6.45, 7) is 6.49. The van der Waals surface area contributed by atoms with Gasteiger partial charge < -0.3 is 16.0 Å². The number of rotatable bonds is 3. The number of fused-ring (bicyclic) bond motifs is 1. The van der Waals surface area contributed by atoms with Gasteiger partial charge in [-0.3, -0.25) is 9.59 Å². The Labute approximate surface area is 156 Å². The molecule has 5 heteroatoms. The molecule has 5 nitrogen and oxygen atoms in total. The zero-order chi connectivity index (χ0) is 18.9. The lowest BCUT2D eigenvalue weighted by Crippen LogP contribution is -2.55. The molecule has 3 unspecified atom stereocenters. The molecule has 142 valence electrons. The summed E-state index contributed by atoms with van der Waals surface area (Å²) in [4.78, 5) is 27.5. The number of nitrogens with one attached hydrogen (secondary N) is 1. The first-order chi connectivity index (χ1) is 12.3. The molecule has 2 aliphatic rings. The third-order valence-electron chi connectivity index (χ3n) is 5.72. The van der Waals surface area contributed by atoms with Gasteiger partial charge >= 0.3 is 0 Å². The molecule has 1 aliphatic heterocycles. The molecule has 1 aromatic rings. The normalized spacial score (nSPS) is 24.1. The number of likely N-dealkylation sites (tertiary alicyclic amines) is 1. The molecule has 1 aromatic carbocycles. The van der Waals surface area contributed by atoms with E-state index in [4.69, 9.17) is 5.73 Å². The van der Waals surface area contributed by atoms with Crippen molar-refractivity contribution >= 4 is 11.8 Å². The lowest BCUT2D eigenvalue weighted by molar-refractivity contribution is -0.141. The van der Waals surface area contributed by atoms with E-state index in [1.54, 1.807) is 4.90 Å². The second-order valence-electron chi connectivity index (χ2n) is 8.69. The molecular formula is C21H31N3O2. The number of carbonyl (C=O) groups is 2. The van der Waals surface area contributed by atoms with Crippen molar-refractivity contribution in [1.82, 2.24) is 10.2 Å². The van der Waals surface area contributed by atoms with Crippen LogP contribution in [-0.4, -0.2) is 35.3 Å². The Morgan fingerprint density at radius 2 is 1.92 bits per heavy atom. The Hall–Kier alpha value is -1.88. The minimum absolute atomic E-state index is 0.0429. The number of carbonyl (C=O) groups excluding carboxylic acids is 2. The summed E-state index contributed by atoms with van der Waals surface area (Å²) in [5.74, 6) is -0.155. The van der Waals surface area contributed by atoms with Crippen LogP contribution in [0, 0.1) is 5.41 Å². The summed E-state index contributed by atoms with van der Waals surface area (Å²) < 4.78 is 0. The van der Waals surface area contributed by atoms with Crippen LogP contribution >= 0.6 is 0 Å². The average Bonchev–Trinajstić information content (AvgIpc) is 3.10. The van der Waals surface area contributed by atoms with E-state index in [0.717, 1.165) is 25.7 Å². The first-order valence-electron chi connectivity index (χ1n) is 9.73. The highest BCUT2D eigenvalue weighted by Crippen LogP contribution is 2.30. The highest BCUT2D eigenvalue weighted by molar-refractivity contribution is 5.90. The standard InChI is InChI=1S/C21H31N3O2/c1-21(2,3)18(22)20(26)24-13-7-12-17(24)19(25)23-16-11-6-9-14-8-4-5-10-15(14)16/h4-5,8,10,16-18H,6-7,9,11-13,22H2,1-3H3,(H,23,25). The van der Waals surface area contributed by atoms with Gasteiger partial charge in [0.1, 0.15) is 6.04 Å². The largest absolute Gasteiger partial charge is 0.347 e. The number of aryl methyl sites for hydroxylation is 1. The zero-order valence-electron chi connectivity index (χ0n) is 16.1. The van der Waals surface area contributed by atoms with Crippen molar-refractivity contribution in [2.75, 3.05) is 6.54 Å². The highest BCUT2D eigenvalue weighted by Gasteiger charge is 2.40. The van der Waals surface area contributed by atoms with Crippen LogP contribution in [0.1, 0.15) is 63.6 Å². The van der Waals surface area contributed by atoms with Gasteiger partial charge in [-0.15, -0.1) is 0 Å². The van der Waals surface area contributed by atoms with Crippen LogP contribution in [0.4, 0.5) is 0 Å². The number of benzene rings is 1. The summed E-state index contributed by atoms with van der Waals surface area (Å²) >= 11 is 0. The second kappa shape index (κ2) is 7.39. The van der Waals surface area contributed by atoms with Crippen LogP contribution < -0.4 is 11.1 Å². The third kappa shape index (κ3) is 3.78. The first kappa shape index (κ1) is 18.9. The molecule has 26 heavy (non-hydrogen) atoms. The fourth-order valence-electron chi connectivity index (χ4n) is 4.02. The first-order valence-corrected chi connectivity index (χ1v) is 9.73. The molecule has 0 radical (unpaired) electrons. The van der Waals surface area contributed by atoms with E-state index in [1.165, 1.54) is 11.1 Å². The predicted molar refractivity (Wildman–Crippen MR) is 102 cm³/mol. The van der Waals surface area contributed by atoms with Crippen molar-refractivity contribution in [2.24, 2.45) is 11.1 Å². The Morgan fingerprint density at radius 3 is 2.65 bits per heavy atom. The maximum atomic E-state index is 13.0. The average molecular weight is 357 g/mol. The van der Waals surface area contributed by atoms with Gasteiger partial charge in [-0.05, 0) is 48.6 Å². The molecule has 0 saturated carbocycles. The SMILES string of the molecule is CC(C)(C)C(N)C(=O)N1CCCC1C(=O)NC1CCCc2ccccc21. The van der Waals surface area contributed by atoms with Gasteiger partial charge in [0.2, 0.25) is 11.8 Å². The van der Waals surface area contributed by atoms with Crippen LogP contribution in [0.15, 0.2) is 24.3 Å². The molecular weight excluding hydrogens is 326 g/mol. The second-order valence-corrected chi connectivity index (χ2v) is 8.69. The highest BCUT2D eigenvalue weighted by atomic mass is 16.2. The lowest BCUT2D eigenvalue weighted by atomic mass is 9.86. The van der Waals surface area contributed by atoms with Crippen molar-refractivity contribution in [3.63, 3.8) is 0 Å². The maximum absolute atomic E-state index is 13.0. The number of hydrogen-bond donors (Lipinski definition) is 2. The van der Waals surface area contributed by atoms with Crippen molar-refractivity contribution in [2.45, 2.75) is 71.0 Å². The van der Waals surface area contributed by atoms with E-state index >= 15 is 0 Å². The van der Waals surface area contributed by atoms with Crippen LogP contribution in [-0.2, 0) is 16.0 Å². The molecule has 0 bridgehead atoms. The van der Waals surface area contributed by atoms with E-state index < -0.39 is 12.1 Å². The minimum Gasteiger partial charge on any atom is -0.347 e. The number of hydrogen-bond acceptors (Lipinski definition) is 3. The monoisotopic (exact) mass is 357 g/mol. The van der Waals surface area contributed by atoms with Gasteiger partial charge in [0, 0.05) is 6.54 Å². The fourth-order valence-corrected chi connectivity index (χ4v) is 4.02. The van der Waals surface area contributed by atoms with Gasteiger partial charge in [0.15, 0.2) is 0 Å². The van der Waals surface area contributed by atoms with E-state index in [1.807, 2.05) is 32.9 Å². The Morgan fingerprint density at radius 1 is 1.19 bits per heavy atom. The van der Waals surface area contributed by atoms with Crippen molar-refractivity contribution in [3.05, 3.63) is 35.4 Å². The predicted octanol–water partition coefficient (Wildman–Crippen LogP) is 2.54. The topological polar surface area (TPSA) is 75.4 Å². The molecule has 3 atom stereocenters. The molecule has 0 aromatic heterocycles.